The highest BCUT2D eigenvalue weighted by molar-refractivity contribution is 5.40. The van der Waals surface area contributed by atoms with Crippen LogP contribution in [0.25, 0.3) is 0 Å². The van der Waals surface area contributed by atoms with Crippen LogP contribution < -0.4 is 5.73 Å². The molecule has 1 aromatic carbocycles. The van der Waals surface area contributed by atoms with Crippen molar-refractivity contribution in [2.24, 2.45) is 0 Å². The molecule has 0 unspecified atom stereocenters. The highest BCUT2D eigenvalue weighted by Crippen LogP contribution is 2.12. The van der Waals surface area contributed by atoms with Crippen molar-refractivity contribution in [1.29, 1.82) is 0 Å². The molecule has 0 heterocycles. The number of nitrogen functional groups attached to an aromatic ring is 1. The molecule has 3 nitrogen and oxygen atoms in total. The minimum atomic E-state index is -0.594. The van der Waals surface area contributed by atoms with Gasteiger partial charge in [-0.3, -0.25) is 4.90 Å². The van der Waals surface area contributed by atoms with Gasteiger partial charge in [0.2, 0.25) is 0 Å². The smallest absolute Gasteiger partial charge is 0.0603 e. The first-order valence-corrected chi connectivity index (χ1v) is 6.20. The number of benzene rings is 1. The van der Waals surface area contributed by atoms with E-state index in [0.717, 1.165) is 31.7 Å². The van der Waals surface area contributed by atoms with E-state index in [9.17, 15) is 5.11 Å². The van der Waals surface area contributed by atoms with Crippen LogP contribution in [-0.2, 0) is 6.54 Å². The van der Waals surface area contributed by atoms with Crippen molar-refractivity contribution >= 4 is 5.69 Å². The van der Waals surface area contributed by atoms with Gasteiger partial charge in [-0.05, 0) is 44.5 Å². The summed E-state index contributed by atoms with van der Waals surface area (Å²) in [6.07, 6.45) is 0.781. The Morgan fingerprint density at radius 2 is 2.06 bits per heavy atom. The molecular formula is C14H24N2O. The first-order chi connectivity index (χ1) is 7.90. The molecule has 0 fully saturated rings. The second-order valence-corrected chi connectivity index (χ2v) is 5.18. The summed E-state index contributed by atoms with van der Waals surface area (Å²) in [5.41, 5.74) is 7.20. The second-order valence-electron chi connectivity index (χ2n) is 5.18. The van der Waals surface area contributed by atoms with E-state index in [1.807, 2.05) is 32.0 Å². The molecule has 1 aromatic rings. The van der Waals surface area contributed by atoms with E-state index in [-0.39, 0.29) is 0 Å². The van der Waals surface area contributed by atoms with Gasteiger partial charge in [-0.15, -0.1) is 0 Å². The summed E-state index contributed by atoms with van der Waals surface area (Å²) >= 11 is 0. The number of hydrogen-bond donors (Lipinski definition) is 2. The Morgan fingerprint density at radius 1 is 1.35 bits per heavy atom. The molecule has 17 heavy (non-hydrogen) atoms. The topological polar surface area (TPSA) is 49.5 Å². The molecular weight excluding hydrogens is 212 g/mol. The van der Waals surface area contributed by atoms with Gasteiger partial charge in [0.25, 0.3) is 0 Å². The van der Waals surface area contributed by atoms with Crippen LogP contribution in [0.4, 0.5) is 5.69 Å². The van der Waals surface area contributed by atoms with Crippen LogP contribution in [0.2, 0.25) is 0 Å². The van der Waals surface area contributed by atoms with Gasteiger partial charge in [-0.1, -0.05) is 19.1 Å². The van der Waals surface area contributed by atoms with E-state index >= 15 is 0 Å². The summed E-state index contributed by atoms with van der Waals surface area (Å²) in [5, 5.41) is 9.73. The van der Waals surface area contributed by atoms with Gasteiger partial charge < -0.3 is 10.8 Å². The molecule has 0 saturated heterocycles. The van der Waals surface area contributed by atoms with Gasteiger partial charge in [0.15, 0.2) is 0 Å². The molecule has 3 heteroatoms. The Hall–Kier alpha value is -1.06. The third-order valence-corrected chi connectivity index (χ3v) is 2.84. The molecule has 0 radical (unpaired) electrons. The fourth-order valence-corrected chi connectivity index (χ4v) is 1.73. The van der Waals surface area contributed by atoms with E-state index < -0.39 is 5.60 Å². The Labute approximate surface area is 104 Å². The molecule has 0 aromatic heterocycles. The number of nitrogens with zero attached hydrogens (tertiary/aromatic N) is 1. The Kier molecular flexibility index (Phi) is 4.97. The highest BCUT2D eigenvalue weighted by Gasteiger charge is 2.14. The zero-order valence-electron chi connectivity index (χ0n) is 11.1. The molecule has 0 amide bonds. The van der Waals surface area contributed by atoms with Gasteiger partial charge >= 0.3 is 0 Å². The molecule has 0 aliphatic heterocycles. The van der Waals surface area contributed by atoms with Crippen LogP contribution in [0, 0.1) is 0 Å². The minimum Gasteiger partial charge on any atom is -0.399 e. The van der Waals surface area contributed by atoms with Crippen LogP contribution in [0.5, 0.6) is 0 Å². The summed E-state index contributed by atoms with van der Waals surface area (Å²) in [4.78, 5) is 2.31. The number of rotatable bonds is 6. The lowest BCUT2D eigenvalue weighted by Crippen LogP contribution is -2.30. The van der Waals surface area contributed by atoms with Crippen LogP contribution in [0.3, 0.4) is 0 Å². The van der Waals surface area contributed by atoms with Crippen LogP contribution in [-0.4, -0.2) is 28.7 Å². The fourth-order valence-electron chi connectivity index (χ4n) is 1.73. The summed E-state index contributed by atoms with van der Waals surface area (Å²) in [5.74, 6) is 0. The summed E-state index contributed by atoms with van der Waals surface area (Å²) in [7, 11) is 0. The van der Waals surface area contributed by atoms with E-state index in [1.165, 1.54) is 5.56 Å². The van der Waals surface area contributed by atoms with Crippen molar-refractivity contribution in [2.45, 2.75) is 39.3 Å². The molecule has 3 N–H and O–H groups in total. The first kappa shape index (κ1) is 14.0. The van der Waals surface area contributed by atoms with E-state index in [2.05, 4.69) is 17.9 Å². The minimum absolute atomic E-state index is 0.594. The van der Waals surface area contributed by atoms with Gasteiger partial charge in [-0.2, -0.15) is 0 Å². The maximum atomic E-state index is 9.73. The molecule has 0 aliphatic carbocycles. The second kappa shape index (κ2) is 6.03. The van der Waals surface area contributed by atoms with Crippen LogP contribution >= 0.6 is 0 Å². The fraction of sp³-hybridized carbons (Fsp3) is 0.571. The van der Waals surface area contributed by atoms with Gasteiger partial charge in [0, 0.05) is 18.8 Å². The number of nitrogens with two attached hydrogens (primary N) is 1. The average molecular weight is 236 g/mol. The van der Waals surface area contributed by atoms with E-state index in [1.54, 1.807) is 0 Å². The molecule has 0 bridgehead atoms. The van der Waals surface area contributed by atoms with Crippen LogP contribution in [0.15, 0.2) is 24.3 Å². The maximum absolute atomic E-state index is 9.73. The number of anilines is 1. The van der Waals surface area contributed by atoms with Crippen molar-refractivity contribution < 1.29 is 5.11 Å². The van der Waals surface area contributed by atoms with Crippen molar-refractivity contribution in [3.8, 4) is 0 Å². The zero-order chi connectivity index (χ0) is 12.9. The van der Waals surface area contributed by atoms with Crippen molar-refractivity contribution in [1.82, 2.24) is 4.90 Å². The van der Waals surface area contributed by atoms with Gasteiger partial charge in [0.1, 0.15) is 0 Å². The standard InChI is InChI=1S/C14H24N2O/c1-4-16(9-8-14(2,3)17)11-12-6-5-7-13(15)10-12/h5-7,10,17H,4,8-9,11,15H2,1-3H3. The number of aliphatic hydroxyl groups is 1. The largest absolute Gasteiger partial charge is 0.399 e. The monoisotopic (exact) mass is 236 g/mol. The van der Waals surface area contributed by atoms with Crippen LogP contribution in [0.1, 0.15) is 32.8 Å². The average Bonchev–Trinajstić information content (AvgIpc) is 2.23. The predicted molar refractivity (Wildman–Crippen MR) is 72.7 cm³/mol. The van der Waals surface area contributed by atoms with E-state index in [4.69, 9.17) is 5.73 Å². The predicted octanol–water partition coefficient (Wildman–Crippen LogP) is 2.25. The summed E-state index contributed by atoms with van der Waals surface area (Å²) in [6.45, 7) is 8.59. The molecule has 1 rings (SSSR count). The van der Waals surface area contributed by atoms with Crippen molar-refractivity contribution in [3.63, 3.8) is 0 Å². The molecule has 0 saturated carbocycles. The van der Waals surface area contributed by atoms with Gasteiger partial charge in [-0.25, -0.2) is 0 Å². The zero-order valence-corrected chi connectivity index (χ0v) is 11.1. The summed E-state index contributed by atoms with van der Waals surface area (Å²) < 4.78 is 0. The van der Waals surface area contributed by atoms with Gasteiger partial charge in [0.05, 0.1) is 5.60 Å². The van der Waals surface area contributed by atoms with Crippen molar-refractivity contribution in [3.05, 3.63) is 29.8 Å². The normalized spacial score (nSPS) is 12.1. The lowest BCUT2D eigenvalue weighted by atomic mass is 10.1. The third kappa shape index (κ3) is 5.71. The van der Waals surface area contributed by atoms with Crippen molar-refractivity contribution in [2.75, 3.05) is 18.8 Å². The first-order valence-electron chi connectivity index (χ1n) is 6.20. The Morgan fingerprint density at radius 3 is 2.59 bits per heavy atom. The SMILES string of the molecule is CCN(CCC(C)(C)O)Cc1cccc(N)c1. The Balaban J connectivity index is 2.52. The quantitative estimate of drug-likeness (QED) is 0.745. The summed E-state index contributed by atoms with van der Waals surface area (Å²) in [6, 6.07) is 7.97. The molecule has 0 spiro atoms. The molecule has 0 atom stereocenters. The lowest BCUT2D eigenvalue weighted by molar-refractivity contribution is 0.0573. The highest BCUT2D eigenvalue weighted by atomic mass is 16.3. The third-order valence-electron chi connectivity index (χ3n) is 2.84. The lowest BCUT2D eigenvalue weighted by Gasteiger charge is -2.25. The van der Waals surface area contributed by atoms with E-state index in [0.29, 0.717) is 0 Å². The molecule has 96 valence electrons. The number of hydrogen-bond acceptors (Lipinski definition) is 3. The molecule has 0 aliphatic rings. The Bertz CT molecular complexity index is 344. The maximum Gasteiger partial charge on any atom is 0.0603 e.